The molecule has 0 saturated carbocycles. The summed E-state index contributed by atoms with van der Waals surface area (Å²) in [6.07, 6.45) is 0.893. The van der Waals surface area contributed by atoms with Gasteiger partial charge in [0.25, 0.3) is 5.91 Å². The molecule has 2 aliphatic rings. The summed E-state index contributed by atoms with van der Waals surface area (Å²) in [7, 11) is -3.60. The van der Waals surface area contributed by atoms with E-state index in [4.69, 9.17) is 4.99 Å². The molecule has 2 aromatic rings. The normalized spacial score (nSPS) is 19.1. The van der Waals surface area contributed by atoms with Gasteiger partial charge in [0.1, 0.15) is 11.4 Å². The van der Waals surface area contributed by atoms with Crippen molar-refractivity contribution in [3.8, 4) is 0 Å². The summed E-state index contributed by atoms with van der Waals surface area (Å²) < 4.78 is 29.1. The molecular formula is C22H24BrN3O3S. The number of nitrogens with one attached hydrogen (secondary N) is 1. The molecule has 1 fully saturated rings. The molecule has 1 amide bonds. The Labute approximate surface area is 185 Å². The fourth-order valence-corrected chi connectivity index (χ4v) is 6.52. The maximum atomic E-state index is 13.3. The first-order valence-electron chi connectivity index (χ1n) is 9.88. The largest absolute Gasteiger partial charge is 0.326 e. The van der Waals surface area contributed by atoms with Crippen LogP contribution < -0.4 is 5.32 Å². The van der Waals surface area contributed by atoms with E-state index < -0.39 is 15.7 Å². The van der Waals surface area contributed by atoms with Gasteiger partial charge in [0.05, 0.1) is 4.90 Å². The number of nitrogens with zero attached hydrogens (tertiary/aromatic N) is 2. The first kappa shape index (κ1) is 21.2. The van der Waals surface area contributed by atoms with E-state index in [1.54, 1.807) is 0 Å². The molecule has 0 radical (unpaired) electrons. The average Bonchev–Trinajstić information content (AvgIpc) is 2.97. The van der Waals surface area contributed by atoms with Crippen molar-refractivity contribution in [2.24, 2.45) is 4.99 Å². The molecule has 1 N–H and O–H groups in total. The van der Waals surface area contributed by atoms with Gasteiger partial charge in [-0.2, -0.15) is 4.31 Å². The highest BCUT2D eigenvalue weighted by molar-refractivity contribution is 9.10. The molecule has 0 unspecified atom stereocenters. The first-order valence-corrected chi connectivity index (χ1v) is 12.1. The quantitative estimate of drug-likeness (QED) is 0.716. The molecular weight excluding hydrogens is 466 g/mol. The SMILES string of the molecule is Cc1cc(C)c(S(=O)(=O)N2CCC3(CC2)N=C(c2ccc(Br)cc2)C(=O)N3)c(C)c1. The lowest BCUT2D eigenvalue weighted by molar-refractivity contribution is -0.115. The minimum Gasteiger partial charge on any atom is -0.326 e. The molecule has 6 nitrogen and oxygen atoms in total. The lowest BCUT2D eigenvalue weighted by atomic mass is 10.00. The van der Waals surface area contributed by atoms with Crippen molar-refractivity contribution in [1.82, 2.24) is 9.62 Å². The maximum Gasteiger partial charge on any atom is 0.272 e. The third-order valence-electron chi connectivity index (χ3n) is 5.76. The van der Waals surface area contributed by atoms with Gasteiger partial charge in [-0.1, -0.05) is 45.8 Å². The number of carbonyl (C=O) groups excluding carboxylic acids is 1. The molecule has 0 bridgehead atoms. The summed E-state index contributed by atoms with van der Waals surface area (Å²) >= 11 is 3.39. The number of aryl methyl sites for hydroxylation is 3. The second-order valence-corrected chi connectivity index (χ2v) is 10.9. The Morgan fingerprint density at radius 2 is 1.60 bits per heavy atom. The minimum absolute atomic E-state index is 0.209. The van der Waals surface area contributed by atoms with Gasteiger partial charge in [-0.25, -0.2) is 8.42 Å². The van der Waals surface area contributed by atoms with Gasteiger partial charge in [0.2, 0.25) is 10.0 Å². The number of amides is 1. The van der Waals surface area contributed by atoms with Crippen LogP contribution in [0.4, 0.5) is 0 Å². The fourth-order valence-electron chi connectivity index (χ4n) is 4.40. The maximum absolute atomic E-state index is 13.3. The topological polar surface area (TPSA) is 78.8 Å². The summed E-state index contributed by atoms with van der Waals surface area (Å²) in [5, 5.41) is 3.00. The Kier molecular flexibility index (Phi) is 5.36. The molecule has 0 aliphatic carbocycles. The van der Waals surface area contributed by atoms with E-state index in [0.29, 0.717) is 36.5 Å². The number of hydrogen-bond acceptors (Lipinski definition) is 4. The second kappa shape index (κ2) is 7.59. The summed E-state index contributed by atoms with van der Waals surface area (Å²) in [5.41, 5.74) is 3.00. The molecule has 4 rings (SSSR count). The van der Waals surface area contributed by atoms with E-state index in [-0.39, 0.29) is 5.91 Å². The molecule has 1 spiro atoms. The van der Waals surface area contributed by atoms with Gasteiger partial charge in [-0.15, -0.1) is 0 Å². The number of halogens is 1. The van der Waals surface area contributed by atoms with Crippen LogP contribution in [-0.2, 0) is 14.8 Å². The number of carbonyl (C=O) groups is 1. The zero-order valence-corrected chi connectivity index (χ0v) is 19.6. The van der Waals surface area contributed by atoms with Crippen molar-refractivity contribution in [3.05, 3.63) is 63.1 Å². The fraction of sp³-hybridized carbons (Fsp3) is 0.364. The van der Waals surface area contributed by atoms with Crippen LogP contribution in [0.15, 0.2) is 50.8 Å². The average molecular weight is 490 g/mol. The van der Waals surface area contributed by atoms with Gasteiger partial charge in [0.15, 0.2) is 0 Å². The van der Waals surface area contributed by atoms with E-state index in [2.05, 4.69) is 21.2 Å². The molecule has 1 saturated heterocycles. The predicted octanol–water partition coefficient (Wildman–Crippen LogP) is 3.47. The highest BCUT2D eigenvalue weighted by Gasteiger charge is 2.44. The van der Waals surface area contributed by atoms with Crippen LogP contribution in [0.5, 0.6) is 0 Å². The number of benzene rings is 2. The van der Waals surface area contributed by atoms with Crippen molar-refractivity contribution in [3.63, 3.8) is 0 Å². The lowest BCUT2D eigenvalue weighted by Gasteiger charge is -2.36. The number of piperidine rings is 1. The van der Waals surface area contributed by atoms with Gasteiger partial charge in [-0.3, -0.25) is 9.79 Å². The van der Waals surface area contributed by atoms with Crippen LogP contribution in [0.3, 0.4) is 0 Å². The van der Waals surface area contributed by atoms with Crippen LogP contribution in [0.1, 0.15) is 35.1 Å². The van der Waals surface area contributed by atoms with Crippen molar-refractivity contribution in [2.75, 3.05) is 13.1 Å². The Bertz CT molecular complexity index is 1130. The van der Waals surface area contributed by atoms with Gasteiger partial charge < -0.3 is 5.32 Å². The smallest absolute Gasteiger partial charge is 0.272 e. The molecule has 2 aliphatic heterocycles. The van der Waals surface area contributed by atoms with Gasteiger partial charge in [0, 0.05) is 36.0 Å². The van der Waals surface area contributed by atoms with Crippen LogP contribution >= 0.6 is 15.9 Å². The van der Waals surface area contributed by atoms with Crippen LogP contribution in [0, 0.1) is 20.8 Å². The third-order valence-corrected chi connectivity index (χ3v) is 8.49. The molecule has 2 aromatic carbocycles. The molecule has 8 heteroatoms. The van der Waals surface area contributed by atoms with Crippen LogP contribution in [-0.4, -0.2) is 43.1 Å². The standard InChI is InChI=1S/C22H24BrN3O3S/c1-14-12-15(2)20(16(3)13-14)30(28,29)26-10-8-22(9-11-26)24-19(21(27)25-22)17-4-6-18(23)7-5-17/h4-7,12-13H,8-11H2,1-3H3,(H,25,27). The van der Waals surface area contributed by atoms with Gasteiger partial charge in [-0.05, 0) is 44.0 Å². The molecule has 0 atom stereocenters. The number of sulfonamides is 1. The second-order valence-electron chi connectivity index (χ2n) is 8.08. The van der Waals surface area contributed by atoms with Crippen LogP contribution in [0.25, 0.3) is 0 Å². The van der Waals surface area contributed by atoms with Crippen molar-refractivity contribution < 1.29 is 13.2 Å². The molecule has 158 valence electrons. The van der Waals surface area contributed by atoms with Gasteiger partial charge >= 0.3 is 0 Å². The van der Waals surface area contributed by atoms with E-state index >= 15 is 0 Å². The molecule has 0 aromatic heterocycles. The number of rotatable bonds is 3. The van der Waals surface area contributed by atoms with Crippen molar-refractivity contribution in [1.29, 1.82) is 0 Å². The highest BCUT2D eigenvalue weighted by Crippen LogP contribution is 2.33. The summed E-state index contributed by atoms with van der Waals surface area (Å²) in [5.74, 6) is -0.209. The lowest BCUT2D eigenvalue weighted by Crippen LogP contribution is -2.52. The summed E-state index contributed by atoms with van der Waals surface area (Å²) in [6, 6.07) is 11.2. The Balaban J connectivity index is 1.57. The third kappa shape index (κ3) is 3.72. The van der Waals surface area contributed by atoms with E-state index in [1.807, 2.05) is 57.2 Å². The number of hydrogen-bond donors (Lipinski definition) is 1. The van der Waals surface area contributed by atoms with Crippen molar-refractivity contribution >= 4 is 37.6 Å². The van der Waals surface area contributed by atoms with E-state index in [0.717, 1.165) is 26.7 Å². The van der Waals surface area contributed by atoms with E-state index in [1.165, 1.54) is 4.31 Å². The van der Waals surface area contributed by atoms with Crippen molar-refractivity contribution in [2.45, 2.75) is 44.2 Å². The summed E-state index contributed by atoms with van der Waals surface area (Å²) in [4.78, 5) is 17.7. The molecule has 2 heterocycles. The Morgan fingerprint density at radius 3 is 2.17 bits per heavy atom. The monoisotopic (exact) mass is 489 g/mol. The molecule has 30 heavy (non-hydrogen) atoms. The van der Waals surface area contributed by atoms with Crippen LogP contribution in [0.2, 0.25) is 0 Å². The first-order chi connectivity index (χ1) is 14.1. The predicted molar refractivity (Wildman–Crippen MR) is 120 cm³/mol. The zero-order valence-electron chi connectivity index (χ0n) is 17.2. The van der Waals surface area contributed by atoms with E-state index in [9.17, 15) is 13.2 Å². The highest BCUT2D eigenvalue weighted by atomic mass is 79.9. The minimum atomic E-state index is -3.60. The zero-order chi connectivity index (χ0) is 21.7. The summed E-state index contributed by atoms with van der Waals surface area (Å²) in [6.45, 7) is 6.26. The Hall–Kier alpha value is -2.03. The Morgan fingerprint density at radius 1 is 1.03 bits per heavy atom. The number of aliphatic imine (C=N–C) groups is 1.